The first kappa shape index (κ1) is 10.8. The molecule has 0 saturated heterocycles. The first-order chi connectivity index (χ1) is 8.70. The van der Waals surface area contributed by atoms with E-state index in [1.165, 1.54) is 11.3 Å². The molecule has 0 radical (unpaired) electrons. The number of benzene rings is 1. The van der Waals surface area contributed by atoms with Crippen LogP contribution >= 0.6 is 11.3 Å². The summed E-state index contributed by atoms with van der Waals surface area (Å²) in [6.07, 6.45) is 0. The van der Waals surface area contributed by atoms with Crippen molar-refractivity contribution in [3.8, 4) is 5.75 Å². The molecule has 7 nitrogen and oxygen atoms in total. The summed E-state index contributed by atoms with van der Waals surface area (Å²) in [7, 11) is 0. The first-order valence-electron chi connectivity index (χ1n) is 5.04. The van der Waals surface area contributed by atoms with Gasteiger partial charge in [-0.05, 0) is 12.1 Å². The van der Waals surface area contributed by atoms with Crippen LogP contribution in [-0.2, 0) is 6.61 Å². The Hall–Kier alpha value is -2.35. The van der Waals surface area contributed by atoms with Crippen molar-refractivity contribution in [2.45, 2.75) is 6.61 Å². The zero-order valence-electron chi connectivity index (χ0n) is 9.04. The summed E-state index contributed by atoms with van der Waals surface area (Å²) in [5.74, 6) is 0.118. The maximum Gasteiger partial charge on any atom is 0.417 e. The van der Waals surface area contributed by atoms with Crippen molar-refractivity contribution in [2.75, 3.05) is 5.73 Å². The number of nitrogen functional groups attached to an aromatic ring is 1. The van der Waals surface area contributed by atoms with Crippen LogP contribution < -0.4 is 16.2 Å². The second-order valence-electron chi connectivity index (χ2n) is 3.50. The monoisotopic (exact) mass is 264 g/mol. The Bertz CT molecular complexity index is 745. The molecule has 0 unspecified atom stereocenters. The van der Waals surface area contributed by atoms with Crippen molar-refractivity contribution < 1.29 is 9.15 Å². The molecule has 2 aromatic heterocycles. The summed E-state index contributed by atoms with van der Waals surface area (Å²) in [5.41, 5.74) is 6.55. The van der Waals surface area contributed by atoms with E-state index >= 15 is 0 Å². The van der Waals surface area contributed by atoms with Gasteiger partial charge in [0.25, 0.3) is 0 Å². The maximum atomic E-state index is 11.0. The molecule has 3 aromatic rings. The molecule has 0 amide bonds. The minimum Gasteiger partial charge on any atom is -0.486 e. The Balaban J connectivity index is 1.80. The standard InChI is InChI=1S/C10H8N4O3S/c11-9-14-13-8(18-9)4-16-5-1-2-7-6(3-5)12-10(15)17-7/h1-3H,4H2,(H2,11,14)(H,12,15). The summed E-state index contributed by atoms with van der Waals surface area (Å²) in [6, 6.07) is 5.06. The molecule has 0 aliphatic carbocycles. The van der Waals surface area contributed by atoms with Crippen molar-refractivity contribution in [1.82, 2.24) is 15.2 Å². The normalized spacial score (nSPS) is 10.9. The second-order valence-corrected chi connectivity index (χ2v) is 4.59. The van der Waals surface area contributed by atoms with E-state index in [4.69, 9.17) is 14.9 Å². The smallest absolute Gasteiger partial charge is 0.417 e. The Morgan fingerprint density at radius 3 is 3.11 bits per heavy atom. The predicted molar refractivity (Wildman–Crippen MR) is 65.5 cm³/mol. The fourth-order valence-corrected chi connectivity index (χ4v) is 2.01. The number of anilines is 1. The topological polar surface area (TPSA) is 107 Å². The molecule has 0 aliphatic rings. The van der Waals surface area contributed by atoms with E-state index in [-0.39, 0.29) is 6.61 Å². The van der Waals surface area contributed by atoms with E-state index < -0.39 is 5.76 Å². The maximum absolute atomic E-state index is 11.0. The van der Waals surface area contributed by atoms with Crippen molar-refractivity contribution in [3.05, 3.63) is 33.8 Å². The number of nitrogens with one attached hydrogen (secondary N) is 1. The number of hydrogen-bond donors (Lipinski definition) is 2. The van der Waals surface area contributed by atoms with Crippen molar-refractivity contribution in [3.63, 3.8) is 0 Å². The lowest BCUT2D eigenvalue weighted by Gasteiger charge is -2.02. The second kappa shape index (κ2) is 4.15. The number of hydrogen-bond acceptors (Lipinski definition) is 7. The van der Waals surface area contributed by atoms with E-state index in [0.29, 0.717) is 27.0 Å². The van der Waals surface area contributed by atoms with Gasteiger partial charge in [0, 0.05) is 6.07 Å². The molecule has 92 valence electrons. The Labute approximate surface area is 104 Å². The number of aromatic amines is 1. The molecule has 2 heterocycles. The van der Waals surface area contributed by atoms with E-state index in [2.05, 4.69) is 15.2 Å². The molecule has 0 spiro atoms. The number of rotatable bonds is 3. The molecule has 0 saturated carbocycles. The minimum atomic E-state index is -0.487. The average molecular weight is 264 g/mol. The molecule has 3 rings (SSSR count). The fourth-order valence-electron chi connectivity index (χ4n) is 1.49. The lowest BCUT2D eigenvalue weighted by atomic mass is 10.3. The highest BCUT2D eigenvalue weighted by molar-refractivity contribution is 7.15. The van der Waals surface area contributed by atoms with Crippen LogP contribution in [-0.4, -0.2) is 15.2 Å². The quantitative estimate of drug-likeness (QED) is 0.734. The molecule has 18 heavy (non-hydrogen) atoms. The van der Waals surface area contributed by atoms with Gasteiger partial charge in [0.2, 0.25) is 5.13 Å². The summed E-state index contributed by atoms with van der Waals surface area (Å²) in [4.78, 5) is 13.5. The van der Waals surface area contributed by atoms with Gasteiger partial charge in [-0.25, -0.2) is 4.79 Å². The van der Waals surface area contributed by atoms with Crippen LogP contribution in [0.1, 0.15) is 5.01 Å². The highest BCUT2D eigenvalue weighted by Gasteiger charge is 2.05. The molecule has 3 N–H and O–H groups in total. The minimum absolute atomic E-state index is 0.280. The van der Waals surface area contributed by atoms with Gasteiger partial charge in [-0.2, -0.15) is 0 Å². The average Bonchev–Trinajstić information content (AvgIpc) is 2.90. The highest BCUT2D eigenvalue weighted by Crippen LogP contribution is 2.20. The predicted octanol–water partition coefficient (Wildman–Crippen LogP) is 1.13. The molecule has 8 heteroatoms. The van der Waals surface area contributed by atoms with Crippen molar-refractivity contribution in [1.29, 1.82) is 0 Å². The molecule has 0 fully saturated rings. The fraction of sp³-hybridized carbons (Fsp3) is 0.100. The van der Waals surface area contributed by atoms with Crippen LogP contribution in [0.2, 0.25) is 0 Å². The SMILES string of the molecule is Nc1nnc(COc2ccc3oc(=O)[nH]c3c2)s1. The zero-order chi connectivity index (χ0) is 12.5. The van der Waals surface area contributed by atoms with E-state index in [0.717, 1.165) is 0 Å². The Morgan fingerprint density at radius 1 is 1.44 bits per heavy atom. The molecule has 0 atom stereocenters. The highest BCUT2D eigenvalue weighted by atomic mass is 32.1. The molecule has 0 bridgehead atoms. The summed E-state index contributed by atoms with van der Waals surface area (Å²) in [6.45, 7) is 0.280. The third-order valence-electron chi connectivity index (χ3n) is 2.24. The summed E-state index contributed by atoms with van der Waals surface area (Å²) in [5, 5.41) is 8.62. The van der Waals surface area contributed by atoms with E-state index in [9.17, 15) is 4.79 Å². The summed E-state index contributed by atoms with van der Waals surface area (Å²) >= 11 is 1.27. The number of aromatic nitrogens is 3. The molecule has 0 aliphatic heterocycles. The van der Waals surface area contributed by atoms with Crippen LogP contribution in [0.4, 0.5) is 5.13 Å². The Morgan fingerprint density at radius 2 is 2.33 bits per heavy atom. The number of oxazole rings is 1. The summed E-state index contributed by atoms with van der Waals surface area (Å²) < 4.78 is 10.4. The zero-order valence-corrected chi connectivity index (χ0v) is 9.86. The largest absolute Gasteiger partial charge is 0.486 e. The van der Waals surface area contributed by atoms with Crippen molar-refractivity contribution in [2.24, 2.45) is 0 Å². The third kappa shape index (κ3) is 2.05. The van der Waals surface area contributed by atoms with E-state index in [1.807, 2.05) is 0 Å². The third-order valence-corrected chi connectivity index (χ3v) is 2.96. The van der Waals surface area contributed by atoms with Crippen LogP contribution in [0.15, 0.2) is 27.4 Å². The van der Waals surface area contributed by atoms with Gasteiger partial charge in [0.05, 0.1) is 5.52 Å². The van der Waals surface area contributed by atoms with Gasteiger partial charge in [-0.1, -0.05) is 11.3 Å². The number of H-pyrrole nitrogens is 1. The molecular formula is C10H8N4O3S. The van der Waals surface area contributed by atoms with Crippen LogP contribution in [0.5, 0.6) is 5.75 Å². The molecule has 1 aromatic carbocycles. The number of nitrogens with zero attached hydrogens (tertiary/aromatic N) is 2. The lowest BCUT2D eigenvalue weighted by Crippen LogP contribution is -1.95. The van der Waals surface area contributed by atoms with Crippen LogP contribution in [0, 0.1) is 0 Å². The Kier molecular flexibility index (Phi) is 2.49. The number of ether oxygens (including phenoxy) is 1. The molecular weight excluding hydrogens is 256 g/mol. The van der Waals surface area contributed by atoms with Gasteiger partial charge in [-0.15, -0.1) is 10.2 Å². The van der Waals surface area contributed by atoms with Crippen molar-refractivity contribution >= 4 is 27.6 Å². The van der Waals surface area contributed by atoms with Gasteiger partial charge < -0.3 is 14.9 Å². The first-order valence-corrected chi connectivity index (χ1v) is 5.86. The van der Waals surface area contributed by atoms with Gasteiger partial charge in [-0.3, -0.25) is 4.98 Å². The van der Waals surface area contributed by atoms with Crippen LogP contribution in [0.3, 0.4) is 0 Å². The number of nitrogens with two attached hydrogens (primary N) is 1. The number of fused-ring (bicyclic) bond motifs is 1. The van der Waals surface area contributed by atoms with E-state index in [1.54, 1.807) is 18.2 Å². The van der Waals surface area contributed by atoms with Gasteiger partial charge in [0.1, 0.15) is 12.4 Å². The van der Waals surface area contributed by atoms with Gasteiger partial charge >= 0.3 is 5.76 Å². The van der Waals surface area contributed by atoms with Gasteiger partial charge in [0.15, 0.2) is 10.6 Å². The lowest BCUT2D eigenvalue weighted by molar-refractivity contribution is 0.305. The van der Waals surface area contributed by atoms with Crippen LogP contribution in [0.25, 0.3) is 11.1 Å².